The number of hydrogen-bond acceptors (Lipinski definition) is 3. The minimum atomic E-state index is -0.0969. The summed E-state index contributed by atoms with van der Waals surface area (Å²) in [6.07, 6.45) is 0.902. The molecule has 0 saturated heterocycles. The topological polar surface area (TPSA) is 47.6 Å². The molecule has 94 valence electrons. The van der Waals surface area contributed by atoms with Crippen molar-refractivity contribution in [1.29, 1.82) is 0 Å². The lowest BCUT2D eigenvalue weighted by molar-refractivity contribution is 0.0939. The Morgan fingerprint density at radius 1 is 1.29 bits per heavy atom. The van der Waals surface area contributed by atoms with E-state index >= 15 is 0 Å². The van der Waals surface area contributed by atoms with Gasteiger partial charge in [-0.05, 0) is 31.5 Å². The molecule has 0 aromatic heterocycles. The lowest BCUT2D eigenvalue weighted by Gasteiger charge is -2.13. The van der Waals surface area contributed by atoms with Crippen molar-refractivity contribution in [2.75, 3.05) is 14.2 Å². The number of carbonyl (C=O) groups is 1. The highest BCUT2D eigenvalue weighted by Crippen LogP contribution is 2.27. The van der Waals surface area contributed by atoms with Gasteiger partial charge in [-0.15, -0.1) is 0 Å². The van der Waals surface area contributed by atoms with Crippen LogP contribution in [0.5, 0.6) is 11.5 Å². The summed E-state index contributed by atoms with van der Waals surface area (Å²) < 4.78 is 10.3. The summed E-state index contributed by atoms with van der Waals surface area (Å²) in [6, 6.07) is 5.29. The van der Waals surface area contributed by atoms with Crippen LogP contribution in [0.2, 0.25) is 0 Å². The van der Waals surface area contributed by atoms with Crippen LogP contribution in [-0.2, 0) is 0 Å². The average molecular weight is 237 g/mol. The van der Waals surface area contributed by atoms with Crippen molar-refractivity contribution in [2.24, 2.45) is 0 Å². The van der Waals surface area contributed by atoms with Gasteiger partial charge < -0.3 is 14.8 Å². The minimum Gasteiger partial charge on any atom is -0.493 e. The number of nitrogens with one attached hydrogen (secondary N) is 1. The van der Waals surface area contributed by atoms with Crippen molar-refractivity contribution in [1.82, 2.24) is 5.32 Å². The van der Waals surface area contributed by atoms with E-state index in [1.165, 1.54) is 0 Å². The molecule has 4 heteroatoms. The Hall–Kier alpha value is -1.71. The van der Waals surface area contributed by atoms with Gasteiger partial charge in [0.25, 0.3) is 5.91 Å². The molecule has 0 aliphatic rings. The fourth-order valence-electron chi connectivity index (χ4n) is 1.39. The van der Waals surface area contributed by atoms with Gasteiger partial charge >= 0.3 is 0 Å². The van der Waals surface area contributed by atoms with E-state index in [0.717, 1.165) is 6.42 Å². The van der Waals surface area contributed by atoms with Crippen molar-refractivity contribution in [3.63, 3.8) is 0 Å². The Morgan fingerprint density at radius 3 is 2.47 bits per heavy atom. The van der Waals surface area contributed by atoms with Gasteiger partial charge in [-0.25, -0.2) is 0 Å². The molecule has 1 atom stereocenters. The van der Waals surface area contributed by atoms with E-state index in [-0.39, 0.29) is 11.9 Å². The van der Waals surface area contributed by atoms with E-state index in [4.69, 9.17) is 9.47 Å². The first kappa shape index (κ1) is 13.4. The van der Waals surface area contributed by atoms with Crippen LogP contribution in [0, 0.1) is 0 Å². The van der Waals surface area contributed by atoms with Gasteiger partial charge in [0.2, 0.25) is 0 Å². The van der Waals surface area contributed by atoms with Gasteiger partial charge in [0, 0.05) is 11.6 Å². The second-order valence-corrected chi connectivity index (χ2v) is 3.85. The first-order chi connectivity index (χ1) is 8.12. The molecule has 0 heterocycles. The largest absolute Gasteiger partial charge is 0.493 e. The molecule has 4 nitrogen and oxygen atoms in total. The van der Waals surface area contributed by atoms with E-state index in [9.17, 15) is 4.79 Å². The maximum atomic E-state index is 11.9. The molecule has 0 radical (unpaired) electrons. The number of benzene rings is 1. The molecule has 0 aliphatic heterocycles. The van der Waals surface area contributed by atoms with Gasteiger partial charge in [-0.1, -0.05) is 6.92 Å². The molecule has 1 N–H and O–H groups in total. The molecule has 1 rings (SSSR count). The predicted molar refractivity (Wildman–Crippen MR) is 66.8 cm³/mol. The molecule has 1 aromatic carbocycles. The quantitative estimate of drug-likeness (QED) is 0.854. The van der Waals surface area contributed by atoms with Gasteiger partial charge in [0.15, 0.2) is 11.5 Å². The predicted octanol–water partition coefficient (Wildman–Crippen LogP) is 2.23. The van der Waals surface area contributed by atoms with Gasteiger partial charge in [-0.2, -0.15) is 0 Å². The standard InChI is InChI=1S/C13H19NO3/c1-5-9(2)14-13(15)10-6-7-11(16-3)12(8-10)17-4/h6-9H,5H2,1-4H3,(H,14,15)/t9-/m1/s1. The fraction of sp³-hybridized carbons (Fsp3) is 0.462. The Balaban J connectivity index is 2.88. The normalized spacial score (nSPS) is 11.8. The van der Waals surface area contributed by atoms with Crippen molar-refractivity contribution >= 4 is 5.91 Å². The maximum Gasteiger partial charge on any atom is 0.251 e. The first-order valence-corrected chi connectivity index (χ1v) is 5.65. The lowest BCUT2D eigenvalue weighted by atomic mass is 10.1. The summed E-state index contributed by atoms with van der Waals surface area (Å²) in [5, 5.41) is 2.90. The van der Waals surface area contributed by atoms with Gasteiger partial charge in [0.1, 0.15) is 0 Å². The lowest BCUT2D eigenvalue weighted by Crippen LogP contribution is -2.31. The van der Waals surface area contributed by atoms with Crippen molar-refractivity contribution < 1.29 is 14.3 Å². The molecular weight excluding hydrogens is 218 g/mol. The Kier molecular flexibility index (Phi) is 4.82. The van der Waals surface area contributed by atoms with Crippen LogP contribution in [0.4, 0.5) is 0 Å². The summed E-state index contributed by atoms with van der Waals surface area (Å²) in [7, 11) is 3.12. The van der Waals surface area contributed by atoms with Crippen LogP contribution in [0.1, 0.15) is 30.6 Å². The zero-order valence-corrected chi connectivity index (χ0v) is 10.7. The Bertz CT molecular complexity index is 390. The van der Waals surface area contributed by atoms with E-state index < -0.39 is 0 Å². The van der Waals surface area contributed by atoms with E-state index in [1.807, 2.05) is 13.8 Å². The van der Waals surface area contributed by atoms with Crippen LogP contribution in [0.3, 0.4) is 0 Å². The molecule has 0 aliphatic carbocycles. The number of amides is 1. The molecule has 0 unspecified atom stereocenters. The highest BCUT2D eigenvalue weighted by atomic mass is 16.5. The third-order valence-corrected chi connectivity index (χ3v) is 2.64. The summed E-state index contributed by atoms with van der Waals surface area (Å²) in [4.78, 5) is 11.9. The van der Waals surface area contributed by atoms with Gasteiger partial charge in [-0.3, -0.25) is 4.79 Å². The highest BCUT2D eigenvalue weighted by molar-refractivity contribution is 5.95. The zero-order chi connectivity index (χ0) is 12.8. The van der Waals surface area contributed by atoms with Crippen LogP contribution < -0.4 is 14.8 Å². The maximum absolute atomic E-state index is 11.9. The Labute approximate surface area is 102 Å². The molecular formula is C13H19NO3. The number of rotatable bonds is 5. The monoisotopic (exact) mass is 237 g/mol. The smallest absolute Gasteiger partial charge is 0.251 e. The number of hydrogen-bond donors (Lipinski definition) is 1. The van der Waals surface area contributed by atoms with E-state index in [1.54, 1.807) is 32.4 Å². The van der Waals surface area contributed by atoms with Crippen molar-refractivity contribution in [2.45, 2.75) is 26.3 Å². The highest BCUT2D eigenvalue weighted by Gasteiger charge is 2.11. The molecule has 0 bridgehead atoms. The average Bonchev–Trinajstić information content (AvgIpc) is 2.37. The summed E-state index contributed by atoms with van der Waals surface area (Å²) in [6.45, 7) is 4.00. The second-order valence-electron chi connectivity index (χ2n) is 3.85. The zero-order valence-electron chi connectivity index (χ0n) is 10.7. The van der Waals surface area contributed by atoms with Gasteiger partial charge in [0.05, 0.1) is 14.2 Å². The SMILES string of the molecule is CC[C@@H](C)NC(=O)c1ccc(OC)c(OC)c1. The fourth-order valence-corrected chi connectivity index (χ4v) is 1.39. The second kappa shape index (κ2) is 6.13. The summed E-state index contributed by atoms with van der Waals surface area (Å²) in [5.74, 6) is 1.08. The van der Waals surface area contributed by atoms with Crippen LogP contribution >= 0.6 is 0 Å². The van der Waals surface area contributed by atoms with Crippen molar-refractivity contribution in [3.8, 4) is 11.5 Å². The van der Waals surface area contributed by atoms with Crippen molar-refractivity contribution in [3.05, 3.63) is 23.8 Å². The third kappa shape index (κ3) is 3.37. The van der Waals surface area contributed by atoms with E-state index in [0.29, 0.717) is 17.1 Å². The van der Waals surface area contributed by atoms with Crippen LogP contribution in [0.25, 0.3) is 0 Å². The molecule has 1 amide bonds. The number of methoxy groups -OCH3 is 2. The number of ether oxygens (including phenoxy) is 2. The van der Waals surface area contributed by atoms with Crippen LogP contribution in [-0.4, -0.2) is 26.2 Å². The summed E-state index contributed by atoms with van der Waals surface area (Å²) >= 11 is 0. The Morgan fingerprint density at radius 2 is 1.94 bits per heavy atom. The first-order valence-electron chi connectivity index (χ1n) is 5.65. The van der Waals surface area contributed by atoms with Crippen LogP contribution in [0.15, 0.2) is 18.2 Å². The molecule has 0 spiro atoms. The van der Waals surface area contributed by atoms with E-state index in [2.05, 4.69) is 5.32 Å². The molecule has 17 heavy (non-hydrogen) atoms. The minimum absolute atomic E-state index is 0.0969. The molecule has 1 aromatic rings. The molecule has 0 fully saturated rings. The molecule has 0 saturated carbocycles. The summed E-state index contributed by atoms with van der Waals surface area (Å²) in [5.41, 5.74) is 0.572. The number of carbonyl (C=O) groups excluding carboxylic acids is 1. The third-order valence-electron chi connectivity index (χ3n) is 2.64.